The van der Waals surface area contributed by atoms with E-state index in [-0.39, 0.29) is 28.3 Å². The third-order valence-corrected chi connectivity index (χ3v) is 3.49. The van der Waals surface area contributed by atoms with E-state index in [4.69, 9.17) is 16.7 Å². The fourth-order valence-electron chi connectivity index (χ4n) is 1.75. The van der Waals surface area contributed by atoms with Gasteiger partial charge in [0.2, 0.25) is 0 Å². The zero-order chi connectivity index (χ0) is 14.0. The maximum atomic E-state index is 11.9. The number of nitrogens with zero attached hydrogens (tertiary/aromatic N) is 1. The molecule has 2 N–H and O–H groups in total. The molecule has 7 heteroatoms. The molecule has 1 aliphatic rings. The summed E-state index contributed by atoms with van der Waals surface area (Å²) in [7, 11) is 0. The van der Waals surface area contributed by atoms with E-state index >= 15 is 0 Å². The Morgan fingerprint density at radius 1 is 1.47 bits per heavy atom. The molecule has 0 spiro atoms. The molecule has 1 fully saturated rings. The van der Waals surface area contributed by atoms with E-state index in [0.29, 0.717) is 6.54 Å². The van der Waals surface area contributed by atoms with Crippen molar-refractivity contribution in [3.63, 3.8) is 0 Å². The molecule has 1 aromatic rings. The lowest BCUT2D eigenvalue weighted by molar-refractivity contribution is -0.384. The van der Waals surface area contributed by atoms with Crippen molar-refractivity contribution in [3.05, 3.63) is 38.9 Å². The number of rotatable bonds is 5. The average Bonchev–Trinajstić information content (AvgIpc) is 3.16. The van der Waals surface area contributed by atoms with Crippen molar-refractivity contribution in [1.82, 2.24) is 5.32 Å². The number of halogens is 1. The molecule has 102 valence electrons. The molecule has 0 heterocycles. The van der Waals surface area contributed by atoms with Gasteiger partial charge in [-0.3, -0.25) is 14.9 Å². The number of amides is 1. The summed E-state index contributed by atoms with van der Waals surface area (Å²) in [4.78, 5) is 22.0. The molecule has 19 heavy (non-hydrogen) atoms. The molecular formula is C12H13ClN2O4. The number of nitro groups is 1. The van der Waals surface area contributed by atoms with Crippen molar-refractivity contribution in [2.75, 3.05) is 13.2 Å². The van der Waals surface area contributed by atoms with Gasteiger partial charge in [-0.05, 0) is 18.9 Å². The Labute approximate surface area is 114 Å². The number of non-ortho nitro benzene ring substituents is 1. The molecule has 0 unspecified atom stereocenters. The van der Waals surface area contributed by atoms with Crippen LogP contribution >= 0.6 is 11.6 Å². The SMILES string of the molecule is O=C(NCC1(CO)CC1)c1cc(Cl)cc([N+](=O)[O-])c1. The number of hydrogen-bond acceptors (Lipinski definition) is 4. The van der Waals surface area contributed by atoms with Crippen molar-refractivity contribution in [2.24, 2.45) is 5.41 Å². The molecule has 1 amide bonds. The van der Waals surface area contributed by atoms with Crippen LogP contribution in [-0.2, 0) is 0 Å². The van der Waals surface area contributed by atoms with Crippen molar-refractivity contribution in [2.45, 2.75) is 12.8 Å². The minimum Gasteiger partial charge on any atom is -0.396 e. The molecule has 1 saturated carbocycles. The number of aliphatic hydroxyl groups excluding tert-OH is 1. The van der Waals surface area contributed by atoms with Gasteiger partial charge in [0, 0.05) is 34.7 Å². The quantitative estimate of drug-likeness (QED) is 0.636. The highest BCUT2D eigenvalue weighted by Gasteiger charge is 2.42. The molecule has 0 atom stereocenters. The predicted octanol–water partition coefficient (Wildman–Crippen LogP) is 1.75. The van der Waals surface area contributed by atoms with Gasteiger partial charge < -0.3 is 10.4 Å². The maximum Gasteiger partial charge on any atom is 0.271 e. The normalized spacial score (nSPS) is 15.9. The Kier molecular flexibility index (Phi) is 3.73. The minimum absolute atomic E-state index is 0.0307. The van der Waals surface area contributed by atoms with Gasteiger partial charge in [-0.25, -0.2) is 0 Å². The lowest BCUT2D eigenvalue weighted by Crippen LogP contribution is -2.31. The monoisotopic (exact) mass is 284 g/mol. The first-order valence-electron chi connectivity index (χ1n) is 5.80. The largest absolute Gasteiger partial charge is 0.396 e. The zero-order valence-electron chi connectivity index (χ0n) is 10.1. The first-order valence-corrected chi connectivity index (χ1v) is 6.18. The van der Waals surface area contributed by atoms with Crippen LogP contribution in [0.5, 0.6) is 0 Å². The number of nitro benzene ring substituents is 1. The number of hydrogen-bond donors (Lipinski definition) is 2. The van der Waals surface area contributed by atoms with E-state index in [0.717, 1.165) is 12.8 Å². The highest BCUT2D eigenvalue weighted by Crippen LogP contribution is 2.44. The number of benzene rings is 1. The lowest BCUT2D eigenvalue weighted by Gasteiger charge is -2.12. The van der Waals surface area contributed by atoms with Crippen LogP contribution in [0.25, 0.3) is 0 Å². The van der Waals surface area contributed by atoms with Gasteiger partial charge in [-0.1, -0.05) is 11.6 Å². The van der Waals surface area contributed by atoms with Gasteiger partial charge >= 0.3 is 0 Å². The number of carbonyl (C=O) groups is 1. The van der Waals surface area contributed by atoms with Gasteiger partial charge in [0.15, 0.2) is 0 Å². The molecule has 0 aromatic heterocycles. The van der Waals surface area contributed by atoms with Crippen molar-refractivity contribution in [3.8, 4) is 0 Å². The Balaban J connectivity index is 2.08. The predicted molar refractivity (Wildman–Crippen MR) is 69.2 cm³/mol. The fraction of sp³-hybridized carbons (Fsp3) is 0.417. The number of nitrogens with one attached hydrogen (secondary N) is 1. The van der Waals surface area contributed by atoms with E-state index in [1.807, 2.05) is 0 Å². The molecule has 0 bridgehead atoms. The summed E-state index contributed by atoms with van der Waals surface area (Å²) >= 11 is 5.74. The van der Waals surface area contributed by atoms with Crippen LogP contribution < -0.4 is 5.32 Å². The molecular weight excluding hydrogens is 272 g/mol. The van der Waals surface area contributed by atoms with E-state index < -0.39 is 10.8 Å². The third kappa shape index (κ3) is 3.21. The maximum absolute atomic E-state index is 11.9. The van der Waals surface area contributed by atoms with Crippen molar-refractivity contribution >= 4 is 23.2 Å². The summed E-state index contributed by atoms with van der Waals surface area (Å²) in [6, 6.07) is 3.75. The molecule has 1 aromatic carbocycles. The second-order valence-electron chi connectivity index (χ2n) is 4.80. The van der Waals surface area contributed by atoms with E-state index in [9.17, 15) is 14.9 Å². The van der Waals surface area contributed by atoms with Crippen LogP contribution in [0.4, 0.5) is 5.69 Å². The van der Waals surface area contributed by atoms with E-state index in [1.165, 1.54) is 18.2 Å². The van der Waals surface area contributed by atoms with Gasteiger partial charge in [0.1, 0.15) is 0 Å². The highest BCUT2D eigenvalue weighted by molar-refractivity contribution is 6.31. The number of carbonyl (C=O) groups excluding carboxylic acids is 1. The van der Waals surface area contributed by atoms with Gasteiger partial charge in [0.05, 0.1) is 11.5 Å². The van der Waals surface area contributed by atoms with E-state index in [1.54, 1.807) is 0 Å². The summed E-state index contributed by atoms with van der Waals surface area (Å²) in [5.74, 6) is -0.426. The van der Waals surface area contributed by atoms with Crippen LogP contribution in [0.1, 0.15) is 23.2 Å². The first-order chi connectivity index (χ1) is 8.96. The van der Waals surface area contributed by atoms with Gasteiger partial charge in [-0.2, -0.15) is 0 Å². The minimum atomic E-state index is -0.598. The second kappa shape index (κ2) is 5.14. The summed E-state index contributed by atoms with van der Waals surface area (Å²) in [5.41, 5.74) is -0.283. The molecule has 0 radical (unpaired) electrons. The van der Waals surface area contributed by atoms with Gasteiger partial charge in [-0.15, -0.1) is 0 Å². The fourth-order valence-corrected chi connectivity index (χ4v) is 1.98. The van der Waals surface area contributed by atoms with Crippen molar-refractivity contribution in [1.29, 1.82) is 0 Å². The van der Waals surface area contributed by atoms with Crippen LogP contribution in [0.3, 0.4) is 0 Å². The van der Waals surface area contributed by atoms with Gasteiger partial charge in [0.25, 0.3) is 11.6 Å². The number of aliphatic hydroxyl groups is 1. The van der Waals surface area contributed by atoms with Crippen molar-refractivity contribution < 1.29 is 14.8 Å². The summed E-state index contributed by atoms with van der Waals surface area (Å²) in [5, 5.41) is 22.6. The second-order valence-corrected chi connectivity index (χ2v) is 5.23. The van der Waals surface area contributed by atoms with Crippen LogP contribution in [0, 0.1) is 15.5 Å². The standard InChI is InChI=1S/C12H13ClN2O4/c13-9-3-8(4-10(5-9)15(18)19)11(17)14-6-12(7-16)1-2-12/h3-5,16H,1-2,6-7H2,(H,14,17). The van der Waals surface area contributed by atoms with Crippen LogP contribution in [0.15, 0.2) is 18.2 Å². The molecule has 0 aliphatic heterocycles. The summed E-state index contributed by atoms with van der Waals surface area (Å²) < 4.78 is 0. The Hall–Kier alpha value is -1.66. The highest BCUT2D eigenvalue weighted by atomic mass is 35.5. The Morgan fingerprint density at radius 3 is 2.68 bits per heavy atom. The van der Waals surface area contributed by atoms with Crippen LogP contribution in [-0.4, -0.2) is 29.1 Å². The lowest BCUT2D eigenvalue weighted by atomic mass is 10.1. The summed E-state index contributed by atoms with van der Waals surface area (Å²) in [6.45, 7) is 0.394. The summed E-state index contributed by atoms with van der Waals surface area (Å²) in [6.07, 6.45) is 1.75. The topological polar surface area (TPSA) is 92.5 Å². The van der Waals surface area contributed by atoms with E-state index in [2.05, 4.69) is 5.32 Å². The third-order valence-electron chi connectivity index (χ3n) is 3.27. The van der Waals surface area contributed by atoms with Crippen LogP contribution in [0.2, 0.25) is 5.02 Å². The molecule has 6 nitrogen and oxygen atoms in total. The Morgan fingerprint density at radius 2 is 2.16 bits per heavy atom. The average molecular weight is 285 g/mol. The molecule has 1 aliphatic carbocycles. The first kappa shape index (κ1) is 13.8. The smallest absolute Gasteiger partial charge is 0.271 e. The molecule has 2 rings (SSSR count). The molecule has 0 saturated heterocycles. The zero-order valence-corrected chi connectivity index (χ0v) is 10.8. The Bertz CT molecular complexity index is 528.